The molecule has 0 aromatic rings. The highest BCUT2D eigenvalue weighted by molar-refractivity contribution is 7.52. The summed E-state index contributed by atoms with van der Waals surface area (Å²) in [5.74, 6) is -0.304. The van der Waals surface area contributed by atoms with Crippen LogP contribution in [0.4, 0.5) is 0 Å². The predicted molar refractivity (Wildman–Crippen MR) is 166 cm³/mol. The van der Waals surface area contributed by atoms with E-state index in [1.807, 2.05) is 11.8 Å². The number of likely N-dealkylation sites (tertiary alicyclic amines) is 1. The molecule has 2 rings (SSSR count). The molecule has 1 unspecified atom stereocenters. The Morgan fingerprint density at radius 1 is 1.00 bits per heavy atom. The molecule has 45 heavy (non-hydrogen) atoms. The number of hydrogen-bond donors (Lipinski definition) is 4. The maximum Gasteiger partial charge on any atom is 0.327 e. The zero-order valence-electron chi connectivity index (χ0n) is 27.7. The van der Waals surface area contributed by atoms with Crippen LogP contribution in [-0.4, -0.2) is 124 Å². The molecule has 0 aromatic heterocycles. The summed E-state index contributed by atoms with van der Waals surface area (Å²) in [4.78, 5) is 38.4. The normalized spacial score (nSPS) is 26.2. The van der Waals surface area contributed by atoms with Crippen molar-refractivity contribution in [2.45, 2.75) is 109 Å². The molecule has 0 aliphatic carbocycles. The number of aliphatic hydroxyl groups is 2. The summed E-state index contributed by atoms with van der Waals surface area (Å²) in [6.45, 7) is 7.32. The quantitative estimate of drug-likeness (QED) is 0.110. The first-order chi connectivity index (χ1) is 21.4. The van der Waals surface area contributed by atoms with Crippen LogP contribution >= 0.6 is 7.60 Å². The summed E-state index contributed by atoms with van der Waals surface area (Å²) in [6.07, 6.45) is 2.38. The molecule has 0 saturated carbocycles. The fourth-order valence-electron chi connectivity index (χ4n) is 5.61. The van der Waals surface area contributed by atoms with Gasteiger partial charge < -0.3 is 49.0 Å². The largest absolute Gasteiger partial charge is 0.388 e. The van der Waals surface area contributed by atoms with Crippen LogP contribution in [0.5, 0.6) is 0 Å². The lowest BCUT2D eigenvalue weighted by Crippen LogP contribution is -2.63. The molecule has 0 aromatic carbocycles. The second-order valence-corrected chi connectivity index (χ2v) is 14.4. The third kappa shape index (κ3) is 13.6. The average molecular weight is 666 g/mol. The molecule has 2 fully saturated rings. The van der Waals surface area contributed by atoms with Gasteiger partial charge in [0, 0.05) is 72.3 Å². The second kappa shape index (κ2) is 19.9. The second-order valence-electron chi connectivity index (χ2n) is 12.2. The first kappa shape index (κ1) is 39.5. The monoisotopic (exact) mass is 665 g/mol. The van der Waals surface area contributed by atoms with E-state index in [1.165, 1.54) is 20.7 Å². The first-order valence-corrected chi connectivity index (χ1v) is 18.1. The summed E-state index contributed by atoms with van der Waals surface area (Å²) < 4.78 is 39.6. The Bertz CT molecular complexity index is 963. The molecule has 14 nitrogen and oxygen atoms in total. The topological polar surface area (TPSA) is 182 Å². The molecule has 3 amide bonds. The molecule has 2 aliphatic heterocycles. The number of carbonyl (C=O) groups is 3. The van der Waals surface area contributed by atoms with Crippen molar-refractivity contribution < 1.29 is 52.4 Å². The Kier molecular flexibility index (Phi) is 17.5. The number of amides is 3. The van der Waals surface area contributed by atoms with Gasteiger partial charge in [0.2, 0.25) is 17.7 Å². The number of unbranched alkanes of at least 4 members (excludes halogenated alkanes) is 3. The van der Waals surface area contributed by atoms with Gasteiger partial charge in [-0.3, -0.25) is 18.9 Å². The van der Waals surface area contributed by atoms with E-state index in [2.05, 4.69) is 10.6 Å². The zero-order valence-corrected chi connectivity index (χ0v) is 28.6. The van der Waals surface area contributed by atoms with Crippen LogP contribution in [0.2, 0.25) is 0 Å². The molecule has 6 atom stereocenters. The van der Waals surface area contributed by atoms with Gasteiger partial charge in [-0.15, -0.1) is 0 Å². The molecule has 0 spiro atoms. The number of nitrogens with zero attached hydrogens (tertiary/aromatic N) is 1. The van der Waals surface area contributed by atoms with Crippen LogP contribution < -0.4 is 10.6 Å². The lowest BCUT2D eigenvalue weighted by Gasteiger charge is -2.42. The van der Waals surface area contributed by atoms with Gasteiger partial charge >= 0.3 is 7.60 Å². The molecule has 15 heteroatoms. The average Bonchev–Trinajstić information content (AvgIpc) is 3.01. The number of piperidine rings is 1. The highest BCUT2D eigenvalue weighted by atomic mass is 31.2. The van der Waals surface area contributed by atoms with E-state index >= 15 is 0 Å². The van der Waals surface area contributed by atoms with E-state index in [0.717, 1.165) is 19.3 Å². The molecule has 0 bridgehead atoms. The van der Waals surface area contributed by atoms with E-state index in [-0.39, 0.29) is 36.4 Å². The minimum absolute atomic E-state index is 0.0533. The van der Waals surface area contributed by atoms with E-state index in [1.54, 1.807) is 7.11 Å². The molecule has 262 valence electrons. The Labute approximate surface area is 267 Å². The van der Waals surface area contributed by atoms with E-state index in [9.17, 15) is 29.2 Å². The van der Waals surface area contributed by atoms with Gasteiger partial charge in [0.05, 0.1) is 19.3 Å². The minimum atomic E-state index is -3.09. The third-order valence-corrected chi connectivity index (χ3v) is 9.77. The van der Waals surface area contributed by atoms with Gasteiger partial charge in [-0.1, -0.05) is 13.3 Å². The van der Waals surface area contributed by atoms with Crippen molar-refractivity contribution >= 4 is 25.3 Å². The number of ether oxygens (including phenoxy) is 3. The van der Waals surface area contributed by atoms with Crippen molar-refractivity contribution in [3.05, 3.63) is 0 Å². The van der Waals surface area contributed by atoms with E-state index in [4.69, 9.17) is 23.3 Å². The van der Waals surface area contributed by atoms with Crippen molar-refractivity contribution in [1.82, 2.24) is 15.5 Å². The van der Waals surface area contributed by atoms with Crippen molar-refractivity contribution in [2.75, 3.05) is 60.3 Å². The van der Waals surface area contributed by atoms with Gasteiger partial charge in [0.1, 0.15) is 18.2 Å². The number of rotatable bonds is 20. The van der Waals surface area contributed by atoms with Crippen LogP contribution in [-0.2, 0) is 42.2 Å². The summed E-state index contributed by atoms with van der Waals surface area (Å²) in [7, 11) is -0.103. The van der Waals surface area contributed by atoms with Crippen LogP contribution in [0.1, 0.15) is 78.1 Å². The minimum Gasteiger partial charge on any atom is -0.388 e. The lowest BCUT2D eigenvalue weighted by molar-refractivity contribution is -0.265. The van der Waals surface area contributed by atoms with Gasteiger partial charge in [-0.2, -0.15) is 0 Å². The molecule has 2 saturated heterocycles. The Morgan fingerprint density at radius 2 is 1.69 bits per heavy atom. The van der Waals surface area contributed by atoms with Crippen LogP contribution in [0, 0.1) is 5.41 Å². The summed E-state index contributed by atoms with van der Waals surface area (Å²) >= 11 is 0. The SMILES string of the molecule is CC[C@H]1O[C@@H](OCCCCC(=O)NCCCCCC(=O)N2CCC(COC)(COP(C)(=O)OC)CC2)[C@H](NC(C)=O)[C@@H](O)[C@H]1O. The molecule has 2 aliphatic rings. The highest BCUT2D eigenvalue weighted by Crippen LogP contribution is 2.46. The van der Waals surface area contributed by atoms with Crippen LogP contribution in [0.15, 0.2) is 0 Å². The molecule has 2 heterocycles. The van der Waals surface area contributed by atoms with Crippen molar-refractivity contribution in [2.24, 2.45) is 5.41 Å². The molecule has 4 N–H and O–H groups in total. The Morgan fingerprint density at radius 3 is 2.31 bits per heavy atom. The molecular formula is C30H56N3O11P. The van der Waals surface area contributed by atoms with Gasteiger partial charge in [-0.05, 0) is 44.9 Å². The highest BCUT2D eigenvalue weighted by Gasteiger charge is 2.44. The smallest absolute Gasteiger partial charge is 0.327 e. The standard InChI is InChI=1S/C30H56N3O11P/c1-6-23-27(37)28(38)26(32-22(2)34)29(44-23)42-19-11-9-12-24(35)31-16-10-7-8-13-25(36)33-17-14-30(15-18-33,20-40-3)21-43-45(5,39)41-4/h23,26-29,37-38H,6-21H2,1-5H3,(H,31,35)(H,32,34)/t23-,26-,27+,28-,29-,45?/m1/s1. The fraction of sp³-hybridized carbons (Fsp3) is 0.900. The number of methoxy groups -OCH3 is 1. The first-order valence-electron chi connectivity index (χ1n) is 16.1. The summed E-state index contributed by atoms with van der Waals surface area (Å²) in [6, 6.07) is -0.885. The van der Waals surface area contributed by atoms with Gasteiger partial charge in [0.15, 0.2) is 6.29 Å². The zero-order chi connectivity index (χ0) is 33.5. The van der Waals surface area contributed by atoms with E-state index in [0.29, 0.717) is 71.2 Å². The lowest BCUT2D eigenvalue weighted by atomic mass is 9.80. The van der Waals surface area contributed by atoms with E-state index < -0.39 is 38.2 Å². The van der Waals surface area contributed by atoms with Crippen molar-refractivity contribution in [3.8, 4) is 0 Å². The summed E-state index contributed by atoms with van der Waals surface area (Å²) in [5.41, 5.74) is -0.298. The molecular weight excluding hydrogens is 609 g/mol. The maximum atomic E-state index is 12.7. The fourth-order valence-corrected chi connectivity index (χ4v) is 6.23. The number of hydrogen-bond acceptors (Lipinski definition) is 11. The van der Waals surface area contributed by atoms with Crippen LogP contribution in [0.3, 0.4) is 0 Å². The van der Waals surface area contributed by atoms with Crippen molar-refractivity contribution in [1.29, 1.82) is 0 Å². The number of carbonyl (C=O) groups excluding carboxylic acids is 3. The third-order valence-electron chi connectivity index (χ3n) is 8.51. The van der Waals surface area contributed by atoms with Gasteiger partial charge in [-0.25, -0.2) is 0 Å². The number of aliphatic hydroxyl groups excluding tert-OH is 2. The number of nitrogens with one attached hydrogen (secondary N) is 2. The maximum absolute atomic E-state index is 12.7. The Balaban J connectivity index is 1.56. The summed E-state index contributed by atoms with van der Waals surface area (Å²) in [5, 5.41) is 26.1. The predicted octanol–water partition coefficient (Wildman–Crippen LogP) is 1.95. The van der Waals surface area contributed by atoms with Crippen molar-refractivity contribution in [3.63, 3.8) is 0 Å². The Hall–Kier alpha value is -1.64. The van der Waals surface area contributed by atoms with Crippen LogP contribution in [0.25, 0.3) is 0 Å². The van der Waals surface area contributed by atoms with Gasteiger partial charge in [0.25, 0.3) is 0 Å². The molecule has 0 radical (unpaired) electrons.